The molecule has 3 aromatic rings. The molecule has 2 aromatic carbocycles. The highest BCUT2D eigenvalue weighted by atomic mass is 35.5. The topological polar surface area (TPSA) is 81.1 Å². The molecule has 37 heavy (non-hydrogen) atoms. The lowest BCUT2D eigenvalue weighted by Gasteiger charge is -2.32. The number of pyridine rings is 1. The molecule has 0 aliphatic carbocycles. The van der Waals surface area contributed by atoms with Crippen molar-refractivity contribution in [3.63, 3.8) is 0 Å². The van der Waals surface area contributed by atoms with Crippen molar-refractivity contribution in [2.75, 3.05) is 57.0 Å². The molecule has 2 aliphatic rings. The van der Waals surface area contributed by atoms with Gasteiger partial charge in [0.25, 0.3) is 0 Å². The molecule has 1 atom stereocenters. The van der Waals surface area contributed by atoms with Crippen molar-refractivity contribution >= 4 is 46.2 Å². The van der Waals surface area contributed by atoms with Crippen LogP contribution in [0.25, 0.3) is 0 Å². The fourth-order valence-corrected chi connectivity index (χ4v) is 4.90. The van der Waals surface area contributed by atoms with E-state index >= 15 is 0 Å². The molecule has 1 saturated heterocycles. The number of anilines is 2. The summed E-state index contributed by atoms with van der Waals surface area (Å²) in [5, 5.41) is 3.48. The fourth-order valence-electron chi connectivity index (χ4n) is 4.73. The van der Waals surface area contributed by atoms with Gasteiger partial charge in [-0.05, 0) is 36.4 Å². The van der Waals surface area contributed by atoms with Crippen LogP contribution >= 0.6 is 11.6 Å². The molecule has 0 radical (unpaired) electrons. The van der Waals surface area contributed by atoms with Gasteiger partial charge in [-0.25, -0.2) is 4.99 Å². The molecule has 1 aromatic heterocycles. The third-order valence-electron chi connectivity index (χ3n) is 6.90. The van der Waals surface area contributed by atoms with Gasteiger partial charge in [0.1, 0.15) is 11.6 Å². The van der Waals surface area contributed by atoms with Crippen LogP contribution in [-0.4, -0.2) is 79.1 Å². The van der Waals surface area contributed by atoms with E-state index < -0.39 is 5.92 Å². The number of nitrogens with one attached hydrogen (secondary N) is 1. The number of likely N-dealkylation sites (N-methyl/N-ethyl adjacent to an activating group) is 2. The summed E-state index contributed by atoms with van der Waals surface area (Å²) in [6.07, 6.45) is 3.28. The van der Waals surface area contributed by atoms with Crippen LogP contribution in [0.4, 0.5) is 17.1 Å². The summed E-state index contributed by atoms with van der Waals surface area (Å²) in [4.78, 5) is 41.8. The van der Waals surface area contributed by atoms with Crippen LogP contribution in [-0.2, 0) is 9.59 Å². The third kappa shape index (κ3) is 5.41. The van der Waals surface area contributed by atoms with Gasteiger partial charge < -0.3 is 15.1 Å². The minimum Gasteiger partial charge on any atom is -0.325 e. The first kappa shape index (κ1) is 25.1. The Morgan fingerprint density at radius 1 is 1.14 bits per heavy atom. The Bertz CT molecular complexity index is 1340. The zero-order valence-corrected chi connectivity index (χ0v) is 21.7. The van der Waals surface area contributed by atoms with Crippen LogP contribution in [0.15, 0.2) is 72.0 Å². The van der Waals surface area contributed by atoms with E-state index in [1.807, 2.05) is 36.4 Å². The molecule has 3 heterocycles. The summed E-state index contributed by atoms with van der Waals surface area (Å²) in [6, 6.07) is 16.8. The number of rotatable bonds is 6. The molecular formula is C28H29ClN6O2. The number of benzene rings is 2. The van der Waals surface area contributed by atoms with E-state index in [-0.39, 0.29) is 11.8 Å². The van der Waals surface area contributed by atoms with E-state index in [2.05, 4.69) is 27.1 Å². The maximum absolute atomic E-state index is 13.2. The number of piperazine rings is 1. The van der Waals surface area contributed by atoms with Gasteiger partial charge in [0.2, 0.25) is 11.8 Å². The number of amides is 2. The van der Waals surface area contributed by atoms with E-state index in [4.69, 9.17) is 16.6 Å². The van der Waals surface area contributed by atoms with E-state index in [1.54, 1.807) is 42.5 Å². The Kier molecular flexibility index (Phi) is 7.32. The lowest BCUT2D eigenvalue weighted by Crippen LogP contribution is -2.48. The van der Waals surface area contributed by atoms with Gasteiger partial charge in [-0.3, -0.25) is 19.5 Å². The Balaban J connectivity index is 1.51. The van der Waals surface area contributed by atoms with Crippen molar-refractivity contribution in [2.45, 2.75) is 5.92 Å². The SMILES string of the molecule is CN1CCN(CC(=O)N(C)c2ccncc2N=C(c2ccccc2)C2C(=O)Nc3cc(Cl)ccc32)CC1. The molecule has 2 aliphatic heterocycles. The number of aliphatic imine (C=N–C) groups is 1. The highest BCUT2D eigenvalue weighted by Gasteiger charge is 2.35. The van der Waals surface area contributed by atoms with Gasteiger partial charge in [0, 0.05) is 50.1 Å². The zero-order valence-electron chi connectivity index (χ0n) is 20.9. The second-order valence-corrected chi connectivity index (χ2v) is 9.85. The fraction of sp³-hybridized carbons (Fsp3) is 0.286. The summed E-state index contributed by atoms with van der Waals surface area (Å²) in [5.41, 5.74) is 4.03. The van der Waals surface area contributed by atoms with Gasteiger partial charge >= 0.3 is 0 Å². The maximum Gasteiger partial charge on any atom is 0.240 e. The van der Waals surface area contributed by atoms with E-state index in [0.29, 0.717) is 34.3 Å². The number of nitrogens with zero attached hydrogens (tertiary/aromatic N) is 5. The Morgan fingerprint density at radius 2 is 1.89 bits per heavy atom. The first-order valence-corrected chi connectivity index (χ1v) is 12.6. The average Bonchev–Trinajstić information content (AvgIpc) is 3.23. The van der Waals surface area contributed by atoms with Gasteiger partial charge in [0.15, 0.2) is 0 Å². The summed E-state index contributed by atoms with van der Waals surface area (Å²) in [5.74, 6) is -0.828. The number of hydrogen-bond acceptors (Lipinski definition) is 6. The molecule has 0 spiro atoms. The van der Waals surface area contributed by atoms with Gasteiger partial charge in [0.05, 0.1) is 24.1 Å². The molecule has 5 rings (SSSR count). The molecule has 1 fully saturated rings. The minimum absolute atomic E-state index is 0.0212. The summed E-state index contributed by atoms with van der Waals surface area (Å²) in [7, 11) is 3.85. The third-order valence-corrected chi connectivity index (χ3v) is 7.13. The first-order chi connectivity index (χ1) is 17.9. The number of aromatic nitrogens is 1. The second kappa shape index (κ2) is 10.8. The summed E-state index contributed by atoms with van der Waals surface area (Å²) in [6.45, 7) is 3.93. The average molecular weight is 517 g/mol. The van der Waals surface area contributed by atoms with Crippen LogP contribution in [0.3, 0.4) is 0 Å². The number of carbonyl (C=O) groups excluding carboxylic acids is 2. The first-order valence-electron chi connectivity index (χ1n) is 12.3. The number of halogens is 1. The van der Waals surface area contributed by atoms with Crippen LogP contribution in [0, 0.1) is 0 Å². The normalized spacial score (nSPS) is 18.4. The monoisotopic (exact) mass is 516 g/mol. The highest BCUT2D eigenvalue weighted by Crippen LogP contribution is 2.38. The lowest BCUT2D eigenvalue weighted by molar-refractivity contribution is -0.120. The molecule has 190 valence electrons. The predicted octanol–water partition coefficient (Wildman–Crippen LogP) is 3.80. The quantitative estimate of drug-likeness (QED) is 0.504. The number of carbonyl (C=O) groups is 2. The van der Waals surface area contributed by atoms with Crippen molar-refractivity contribution in [3.05, 3.63) is 83.1 Å². The molecular weight excluding hydrogens is 488 g/mol. The van der Waals surface area contributed by atoms with E-state index in [9.17, 15) is 9.59 Å². The van der Waals surface area contributed by atoms with Crippen molar-refractivity contribution < 1.29 is 9.59 Å². The molecule has 8 nitrogen and oxygen atoms in total. The zero-order chi connectivity index (χ0) is 25.9. The maximum atomic E-state index is 13.2. The summed E-state index contributed by atoms with van der Waals surface area (Å²) >= 11 is 6.17. The van der Waals surface area contributed by atoms with E-state index in [1.165, 1.54) is 0 Å². The molecule has 1 unspecified atom stereocenters. The Labute approximate surface area is 221 Å². The highest BCUT2D eigenvalue weighted by molar-refractivity contribution is 6.31. The Morgan fingerprint density at radius 3 is 2.65 bits per heavy atom. The van der Waals surface area contributed by atoms with Crippen molar-refractivity contribution in [3.8, 4) is 0 Å². The summed E-state index contributed by atoms with van der Waals surface area (Å²) < 4.78 is 0. The second-order valence-electron chi connectivity index (χ2n) is 9.41. The smallest absolute Gasteiger partial charge is 0.240 e. The van der Waals surface area contributed by atoms with Crippen molar-refractivity contribution in [1.29, 1.82) is 0 Å². The lowest BCUT2D eigenvalue weighted by atomic mass is 9.90. The Hall–Kier alpha value is -3.59. The standard InChI is InChI=1S/C28H29ClN6O2/c1-33-12-14-35(15-13-33)18-25(36)34(2)24-10-11-30-17-23(24)31-27(19-6-4-3-5-7-19)26-21-9-8-20(29)16-22(21)32-28(26)37/h3-11,16-17,26H,12-15,18H2,1-2H3,(H,32,37). The van der Waals surface area contributed by atoms with Crippen LogP contribution in [0.5, 0.6) is 0 Å². The van der Waals surface area contributed by atoms with Crippen molar-refractivity contribution in [2.24, 2.45) is 4.99 Å². The van der Waals surface area contributed by atoms with Crippen LogP contribution in [0.2, 0.25) is 5.02 Å². The molecule has 1 N–H and O–H groups in total. The van der Waals surface area contributed by atoms with Crippen LogP contribution in [0.1, 0.15) is 17.0 Å². The molecule has 9 heteroatoms. The predicted molar refractivity (Wildman–Crippen MR) is 147 cm³/mol. The van der Waals surface area contributed by atoms with Crippen molar-refractivity contribution in [1.82, 2.24) is 14.8 Å². The largest absolute Gasteiger partial charge is 0.325 e. The van der Waals surface area contributed by atoms with Gasteiger partial charge in [-0.1, -0.05) is 48.0 Å². The molecule has 0 bridgehead atoms. The van der Waals surface area contributed by atoms with Gasteiger partial charge in [-0.15, -0.1) is 0 Å². The molecule has 0 saturated carbocycles. The van der Waals surface area contributed by atoms with Crippen LogP contribution < -0.4 is 10.2 Å². The van der Waals surface area contributed by atoms with E-state index in [0.717, 1.165) is 37.3 Å². The minimum atomic E-state index is -0.630. The number of hydrogen-bond donors (Lipinski definition) is 1. The molecule has 2 amide bonds. The number of fused-ring (bicyclic) bond motifs is 1. The van der Waals surface area contributed by atoms with Gasteiger partial charge in [-0.2, -0.15) is 0 Å².